The van der Waals surface area contributed by atoms with Crippen LogP contribution in [0, 0.1) is 17.0 Å². The van der Waals surface area contributed by atoms with Gasteiger partial charge in [-0.2, -0.15) is 0 Å². The number of hydrogen-bond acceptors (Lipinski definition) is 5. The van der Waals surface area contributed by atoms with Gasteiger partial charge in [0.15, 0.2) is 0 Å². The SMILES string of the molecule is COc1ccc([N+](=O)[O-])c(NS(=O)(=O)c2ccc(C)cc2)c1. The van der Waals surface area contributed by atoms with Gasteiger partial charge in [0.25, 0.3) is 15.7 Å². The lowest BCUT2D eigenvalue weighted by atomic mass is 10.2. The molecule has 0 radical (unpaired) electrons. The predicted octanol–water partition coefficient (Wildman–Crippen LogP) is 2.71. The molecular weight excluding hydrogens is 308 g/mol. The van der Waals surface area contributed by atoms with Crippen molar-refractivity contribution in [1.82, 2.24) is 0 Å². The van der Waals surface area contributed by atoms with Crippen molar-refractivity contribution in [2.75, 3.05) is 11.8 Å². The van der Waals surface area contributed by atoms with Crippen LogP contribution < -0.4 is 9.46 Å². The molecule has 0 heterocycles. The molecule has 2 aromatic carbocycles. The van der Waals surface area contributed by atoms with Crippen LogP contribution in [0.15, 0.2) is 47.4 Å². The average molecular weight is 322 g/mol. The molecule has 0 bridgehead atoms. The summed E-state index contributed by atoms with van der Waals surface area (Å²) in [7, 11) is -2.53. The van der Waals surface area contributed by atoms with Crippen LogP contribution in [-0.2, 0) is 10.0 Å². The number of anilines is 1. The van der Waals surface area contributed by atoms with Crippen molar-refractivity contribution in [1.29, 1.82) is 0 Å². The molecule has 2 rings (SSSR count). The molecule has 0 unspecified atom stereocenters. The molecule has 0 aliphatic rings. The smallest absolute Gasteiger partial charge is 0.293 e. The van der Waals surface area contributed by atoms with E-state index in [0.29, 0.717) is 5.75 Å². The van der Waals surface area contributed by atoms with Crippen molar-refractivity contribution in [3.63, 3.8) is 0 Å². The third kappa shape index (κ3) is 3.34. The number of methoxy groups -OCH3 is 1. The van der Waals surface area contributed by atoms with E-state index < -0.39 is 14.9 Å². The van der Waals surface area contributed by atoms with Gasteiger partial charge in [-0.15, -0.1) is 0 Å². The maximum Gasteiger partial charge on any atom is 0.293 e. The lowest BCUT2D eigenvalue weighted by Gasteiger charge is -2.10. The Morgan fingerprint density at radius 3 is 2.32 bits per heavy atom. The number of nitro groups is 1. The van der Waals surface area contributed by atoms with E-state index in [2.05, 4.69) is 4.72 Å². The number of nitrogens with zero attached hydrogens (tertiary/aromatic N) is 1. The lowest BCUT2D eigenvalue weighted by Crippen LogP contribution is -2.14. The third-order valence-corrected chi connectivity index (χ3v) is 4.36. The van der Waals surface area contributed by atoms with E-state index in [1.165, 1.54) is 37.4 Å². The largest absolute Gasteiger partial charge is 0.497 e. The second-order valence-electron chi connectivity index (χ2n) is 4.56. The summed E-state index contributed by atoms with van der Waals surface area (Å²) < 4.78 is 31.8. The number of rotatable bonds is 5. The highest BCUT2D eigenvalue weighted by Crippen LogP contribution is 2.30. The highest BCUT2D eigenvalue weighted by atomic mass is 32.2. The molecule has 8 heteroatoms. The fourth-order valence-electron chi connectivity index (χ4n) is 1.80. The number of nitro benzene ring substituents is 1. The molecule has 0 aliphatic heterocycles. The van der Waals surface area contributed by atoms with Crippen LogP contribution >= 0.6 is 0 Å². The Balaban J connectivity index is 2.44. The number of hydrogen-bond donors (Lipinski definition) is 1. The molecule has 1 N–H and O–H groups in total. The first-order valence-corrected chi connectivity index (χ1v) is 7.74. The van der Waals surface area contributed by atoms with E-state index in [1.807, 2.05) is 6.92 Å². The number of nitrogens with one attached hydrogen (secondary N) is 1. The number of benzene rings is 2. The zero-order valence-corrected chi connectivity index (χ0v) is 12.8. The Morgan fingerprint density at radius 1 is 1.14 bits per heavy atom. The summed E-state index contributed by atoms with van der Waals surface area (Å²) in [6.07, 6.45) is 0. The minimum absolute atomic E-state index is 0.0233. The Hall–Kier alpha value is -2.61. The zero-order chi connectivity index (χ0) is 16.3. The van der Waals surface area contributed by atoms with Crippen molar-refractivity contribution < 1.29 is 18.1 Å². The summed E-state index contributed by atoms with van der Waals surface area (Å²) in [6.45, 7) is 1.83. The monoisotopic (exact) mass is 322 g/mol. The van der Waals surface area contributed by atoms with Crippen LogP contribution in [0.4, 0.5) is 11.4 Å². The molecular formula is C14H14N2O5S. The van der Waals surface area contributed by atoms with Gasteiger partial charge in [0.05, 0.1) is 16.9 Å². The minimum Gasteiger partial charge on any atom is -0.497 e. The van der Waals surface area contributed by atoms with Crippen LogP contribution in [0.25, 0.3) is 0 Å². The normalized spacial score (nSPS) is 11.0. The fourth-order valence-corrected chi connectivity index (χ4v) is 2.87. The van der Waals surface area contributed by atoms with Gasteiger partial charge in [-0.3, -0.25) is 14.8 Å². The summed E-state index contributed by atoms with van der Waals surface area (Å²) in [4.78, 5) is 10.4. The van der Waals surface area contributed by atoms with Crippen LogP contribution in [0.5, 0.6) is 5.75 Å². The Morgan fingerprint density at radius 2 is 1.77 bits per heavy atom. The standard InChI is InChI=1S/C14H14N2O5S/c1-10-3-6-12(7-4-10)22(19,20)15-13-9-11(21-2)5-8-14(13)16(17)18/h3-9,15H,1-2H3. The first-order chi connectivity index (χ1) is 10.3. The van der Waals surface area contributed by atoms with Gasteiger partial charge in [0.1, 0.15) is 11.4 Å². The average Bonchev–Trinajstić information content (AvgIpc) is 2.46. The summed E-state index contributed by atoms with van der Waals surface area (Å²) >= 11 is 0. The molecule has 0 aliphatic carbocycles. The van der Waals surface area contributed by atoms with E-state index in [9.17, 15) is 18.5 Å². The van der Waals surface area contributed by atoms with Gasteiger partial charge in [-0.25, -0.2) is 8.42 Å². The molecule has 22 heavy (non-hydrogen) atoms. The Labute approximate surface area is 127 Å². The van der Waals surface area contributed by atoms with Crippen molar-refractivity contribution >= 4 is 21.4 Å². The van der Waals surface area contributed by atoms with E-state index in [0.717, 1.165) is 5.56 Å². The summed E-state index contributed by atoms with van der Waals surface area (Å²) in [6, 6.07) is 10.0. The molecule has 0 fully saturated rings. The molecule has 0 atom stereocenters. The maximum absolute atomic E-state index is 12.3. The van der Waals surface area contributed by atoms with Crippen LogP contribution in [0.1, 0.15) is 5.56 Å². The van der Waals surface area contributed by atoms with Crippen LogP contribution in [0.3, 0.4) is 0 Å². The van der Waals surface area contributed by atoms with Crippen molar-refractivity contribution in [3.05, 3.63) is 58.1 Å². The van der Waals surface area contributed by atoms with E-state index >= 15 is 0 Å². The summed E-state index contributed by atoms with van der Waals surface area (Å²) in [5.41, 5.74) is 0.410. The van der Waals surface area contributed by atoms with E-state index in [1.54, 1.807) is 12.1 Å². The minimum atomic E-state index is -3.92. The van der Waals surface area contributed by atoms with Crippen molar-refractivity contribution in [3.8, 4) is 5.75 Å². The van der Waals surface area contributed by atoms with E-state index in [4.69, 9.17) is 4.74 Å². The second kappa shape index (κ2) is 6.02. The Kier molecular flexibility index (Phi) is 4.32. The van der Waals surface area contributed by atoms with Gasteiger partial charge < -0.3 is 4.74 Å². The fraction of sp³-hybridized carbons (Fsp3) is 0.143. The number of aryl methyl sites for hydroxylation is 1. The zero-order valence-electron chi connectivity index (χ0n) is 11.9. The van der Waals surface area contributed by atoms with Crippen molar-refractivity contribution in [2.24, 2.45) is 0 Å². The van der Waals surface area contributed by atoms with Gasteiger partial charge in [-0.1, -0.05) is 17.7 Å². The molecule has 0 saturated carbocycles. The van der Waals surface area contributed by atoms with Crippen LogP contribution in [-0.4, -0.2) is 20.5 Å². The molecule has 7 nitrogen and oxygen atoms in total. The predicted molar refractivity (Wildman–Crippen MR) is 81.6 cm³/mol. The Bertz CT molecular complexity index is 800. The number of sulfonamides is 1. The van der Waals surface area contributed by atoms with Gasteiger partial charge >= 0.3 is 0 Å². The quantitative estimate of drug-likeness (QED) is 0.674. The molecule has 116 valence electrons. The molecule has 0 spiro atoms. The molecule has 2 aromatic rings. The first-order valence-electron chi connectivity index (χ1n) is 6.25. The number of ether oxygens (including phenoxy) is 1. The van der Waals surface area contributed by atoms with Crippen LogP contribution in [0.2, 0.25) is 0 Å². The van der Waals surface area contributed by atoms with Crippen molar-refractivity contribution in [2.45, 2.75) is 11.8 Å². The topological polar surface area (TPSA) is 98.5 Å². The molecule has 0 amide bonds. The van der Waals surface area contributed by atoms with Gasteiger partial charge in [-0.05, 0) is 25.1 Å². The molecule has 0 saturated heterocycles. The first kappa shape index (κ1) is 15.8. The second-order valence-corrected chi connectivity index (χ2v) is 6.24. The summed E-state index contributed by atoms with van der Waals surface area (Å²) in [5.74, 6) is 0.312. The third-order valence-electron chi connectivity index (χ3n) is 2.98. The summed E-state index contributed by atoms with van der Waals surface area (Å²) in [5, 5.41) is 11.0. The van der Waals surface area contributed by atoms with Gasteiger partial charge in [0.2, 0.25) is 0 Å². The maximum atomic E-state index is 12.3. The highest BCUT2D eigenvalue weighted by molar-refractivity contribution is 7.92. The molecule has 0 aromatic heterocycles. The highest BCUT2D eigenvalue weighted by Gasteiger charge is 2.21. The van der Waals surface area contributed by atoms with E-state index in [-0.39, 0.29) is 16.3 Å². The lowest BCUT2D eigenvalue weighted by molar-refractivity contribution is -0.383. The van der Waals surface area contributed by atoms with Gasteiger partial charge in [0, 0.05) is 12.1 Å².